The molecule has 20 heavy (non-hydrogen) atoms. The molecular formula is C14H14BrN3O2. The second-order valence-electron chi connectivity index (χ2n) is 4.22. The molecule has 0 unspecified atom stereocenters. The summed E-state index contributed by atoms with van der Waals surface area (Å²) >= 11 is 3.36. The van der Waals surface area contributed by atoms with Crippen LogP contribution in [-0.4, -0.2) is 18.0 Å². The molecule has 3 N–H and O–H groups in total. The van der Waals surface area contributed by atoms with Gasteiger partial charge in [0.1, 0.15) is 5.75 Å². The van der Waals surface area contributed by atoms with Crippen LogP contribution in [0.3, 0.4) is 0 Å². The van der Waals surface area contributed by atoms with Gasteiger partial charge in [0.05, 0.1) is 17.1 Å². The number of carbonyl (C=O) groups excluding carboxylic acids is 1. The topological polar surface area (TPSA) is 77.2 Å². The average Bonchev–Trinajstić information content (AvgIpc) is 2.38. The molecule has 0 fully saturated rings. The first-order valence-electron chi connectivity index (χ1n) is 5.88. The van der Waals surface area contributed by atoms with Crippen LogP contribution in [0.25, 0.3) is 0 Å². The quantitative estimate of drug-likeness (QED) is 0.903. The summed E-state index contributed by atoms with van der Waals surface area (Å²) in [6.07, 6.45) is 1.47. The fourth-order valence-corrected chi connectivity index (χ4v) is 2.25. The van der Waals surface area contributed by atoms with Crippen molar-refractivity contribution in [2.24, 2.45) is 0 Å². The highest BCUT2D eigenvalue weighted by Gasteiger charge is 2.11. The second-order valence-corrected chi connectivity index (χ2v) is 5.07. The number of rotatable bonds is 3. The van der Waals surface area contributed by atoms with Gasteiger partial charge < -0.3 is 15.8 Å². The zero-order valence-electron chi connectivity index (χ0n) is 11.1. The van der Waals surface area contributed by atoms with Gasteiger partial charge in [0.2, 0.25) is 0 Å². The van der Waals surface area contributed by atoms with Gasteiger partial charge in [0.25, 0.3) is 5.91 Å². The third kappa shape index (κ3) is 3.08. The van der Waals surface area contributed by atoms with E-state index in [1.807, 2.05) is 6.92 Å². The Morgan fingerprint density at radius 3 is 2.75 bits per heavy atom. The monoisotopic (exact) mass is 335 g/mol. The average molecular weight is 336 g/mol. The van der Waals surface area contributed by atoms with Crippen LogP contribution in [0.4, 0.5) is 11.4 Å². The number of aromatic nitrogens is 1. The lowest BCUT2D eigenvalue weighted by Crippen LogP contribution is -2.14. The Morgan fingerprint density at radius 2 is 2.15 bits per heavy atom. The van der Waals surface area contributed by atoms with Crippen LogP contribution in [0.5, 0.6) is 5.75 Å². The number of carbonyl (C=O) groups is 1. The van der Waals surface area contributed by atoms with Gasteiger partial charge >= 0.3 is 0 Å². The molecule has 0 aliphatic heterocycles. The van der Waals surface area contributed by atoms with Crippen molar-refractivity contribution < 1.29 is 9.53 Å². The molecule has 1 heterocycles. The Balaban J connectivity index is 2.21. The first-order chi connectivity index (χ1) is 9.51. The minimum atomic E-state index is -0.299. The first kappa shape index (κ1) is 14.3. The molecule has 1 aromatic heterocycles. The number of anilines is 2. The lowest BCUT2D eigenvalue weighted by Gasteiger charge is -2.09. The first-order valence-corrected chi connectivity index (χ1v) is 6.67. The van der Waals surface area contributed by atoms with Gasteiger partial charge in [-0.15, -0.1) is 0 Å². The predicted molar refractivity (Wildman–Crippen MR) is 82.0 cm³/mol. The van der Waals surface area contributed by atoms with Gasteiger partial charge in [-0.3, -0.25) is 9.78 Å². The summed E-state index contributed by atoms with van der Waals surface area (Å²) in [7, 11) is 1.58. The Kier molecular flexibility index (Phi) is 4.24. The van der Waals surface area contributed by atoms with Crippen molar-refractivity contribution in [1.29, 1.82) is 0 Å². The number of nitrogens with two attached hydrogens (primary N) is 1. The molecule has 2 rings (SSSR count). The van der Waals surface area contributed by atoms with Crippen molar-refractivity contribution in [2.45, 2.75) is 6.92 Å². The number of nitrogen functional groups attached to an aromatic ring is 1. The number of amides is 1. The summed E-state index contributed by atoms with van der Waals surface area (Å²) in [4.78, 5) is 16.2. The zero-order valence-corrected chi connectivity index (χ0v) is 12.7. The predicted octanol–water partition coefficient (Wildman–Crippen LogP) is 3.00. The largest absolute Gasteiger partial charge is 0.496 e. The van der Waals surface area contributed by atoms with E-state index in [1.165, 1.54) is 6.20 Å². The van der Waals surface area contributed by atoms with Crippen LogP contribution in [0.15, 0.2) is 34.9 Å². The van der Waals surface area contributed by atoms with Crippen LogP contribution in [0.2, 0.25) is 0 Å². The smallest absolute Gasteiger partial charge is 0.259 e. The molecule has 6 heteroatoms. The third-order valence-electron chi connectivity index (χ3n) is 2.73. The molecule has 0 bridgehead atoms. The molecule has 0 saturated heterocycles. The van der Waals surface area contributed by atoms with E-state index >= 15 is 0 Å². The van der Waals surface area contributed by atoms with Gasteiger partial charge in [-0.2, -0.15) is 0 Å². The van der Waals surface area contributed by atoms with Crippen molar-refractivity contribution in [3.63, 3.8) is 0 Å². The summed E-state index contributed by atoms with van der Waals surface area (Å²) in [5.74, 6) is 0.395. The summed E-state index contributed by atoms with van der Waals surface area (Å²) < 4.78 is 5.89. The van der Waals surface area contributed by atoms with E-state index < -0.39 is 0 Å². The number of benzene rings is 1. The molecule has 1 amide bonds. The van der Waals surface area contributed by atoms with Crippen molar-refractivity contribution in [2.75, 3.05) is 18.2 Å². The number of hydrogen-bond acceptors (Lipinski definition) is 4. The maximum Gasteiger partial charge on any atom is 0.259 e. The molecule has 0 aliphatic carbocycles. The summed E-state index contributed by atoms with van der Waals surface area (Å²) in [6, 6.07) is 6.93. The van der Waals surface area contributed by atoms with Crippen LogP contribution in [-0.2, 0) is 0 Å². The molecule has 0 aliphatic rings. The number of hydrogen-bond donors (Lipinski definition) is 2. The fraction of sp³-hybridized carbons (Fsp3) is 0.143. The van der Waals surface area contributed by atoms with Gasteiger partial charge in [-0.05, 0) is 47.1 Å². The van der Waals surface area contributed by atoms with Gasteiger partial charge in [-0.1, -0.05) is 0 Å². The molecule has 104 valence electrons. The molecule has 0 spiro atoms. The van der Waals surface area contributed by atoms with Crippen molar-refractivity contribution in [3.8, 4) is 5.75 Å². The molecule has 0 saturated carbocycles. The number of halogens is 1. The van der Waals surface area contributed by atoms with Gasteiger partial charge in [0, 0.05) is 23.3 Å². The SMILES string of the molecule is COc1ccc(NC(=O)c2cnc(C)cc2N)cc1Br. The van der Waals surface area contributed by atoms with E-state index in [9.17, 15) is 4.79 Å². The van der Waals surface area contributed by atoms with Crippen molar-refractivity contribution in [3.05, 3.63) is 46.2 Å². The van der Waals surface area contributed by atoms with E-state index in [1.54, 1.807) is 31.4 Å². The lowest BCUT2D eigenvalue weighted by molar-refractivity contribution is 0.102. The van der Waals surface area contributed by atoms with E-state index in [0.717, 1.165) is 10.2 Å². The highest BCUT2D eigenvalue weighted by molar-refractivity contribution is 9.10. The van der Waals surface area contributed by atoms with Crippen molar-refractivity contribution >= 4 is 33.2 Å². The Labute approximate surface area is 125 Å². The maximum atomic E-state index is 12.1. The minimum Gasteiger partial charge on any atom is -0.496 e. The second kappa shape index (κ2) is 5.92. The molecule has 0 atom stereocenters. The zero-order chi connectivity index (χ0) is 14.7. The molecular weight excluding hydrogens is 322 g/mol. The molecule has 1 aromatic carbocycles. The highest BCUT2D eigenvalue weighted by Crippen LogP contribution is 2.28. The Hall–Kier alpha value is -2.08. The van der Waals surface area contributed by atoms with Crippen molar-refractivity contribution in [1.82, 2.24) is 4.98 Å². The maximum absolute atomic E-state index is 12.1. The van der Waals surface area contributed by atoms with E-state index in [2.05, 4.69) is 26.2 Å². The Bertz CT molecular complexity index is 659. The van der Waals surface area contributed by atoms with Crippen LogP contribution in [0.1, 0.15) is 16.1 Å². The third-order valence-corrected chi connectivity index (χ3v) is 3.35. The van der Waals surface area contributed by atoms with Crippen LogP contribution < -0.4 is 15.8 Å². The van der Waals surface area contributed by atoms with Gasteiger partial charge in [0.15, 0.2) is 0 Å². The normalized spacial score (nSPS) is 10.2. The Morgan fingerprint density at radius 1 is 1.40 bits per heavy atom. The summed E-state index contributed by atoms with van der Waals surface area (Å²) in [5.41, 5.74) is 7.99. The molecule has 0 radical (unpaired) electrons. The number of aryl methyl sites for hydroxylation is 1. The molecule has 5 nitrogen and oxygen atoms in total. The summed E-state index contributed by atoms with van der Waals surface area (Å²) in [5, 5.41) is 2.77. The van der Waals surface area contributed by atoms with E-state index in [-0.39, 0.29) is 5.91 Å². The van der Waals surface area contributed by atoms with Crippen LogP contribution in [0, 0.1) is 6.92 Å². The van der Waals surface area contributed by atoms with Crippen LogP contribution >= 0.6 is 15.9 Å². The summed E-state index contributed by atoms with van der Waals surface area (Å²) in [6.45, 7) is 1.82. The number of methoxy groups -OCH3 is 1. The molecule has 2 aromatic rings. The van der Waals surface area contributed by atoms with E-state index in [0.29, 0.717) is 22.7 Å². The minimum absolute atomic E-state index is 0.299. The lowest BCUT2D eigenvalue weighted by atomic mass is 10.2. The fourth-order valence-electron chi connectivity index (χ4n) is 1.71. The number of pyridine rings is 1. The number of nitrogens with one attached hydrogen (secondary N) is 1. The number of ether oxygens (including phenoxy) is 1. The van der Waals surface area contributed by atoms with E-state index in [4.69, 9.17) is 10.5 Å². The standard InChI is InChI=1S/C14H14BrN3O2/c1-8-5-12(16)10(7-17-8)14(19)18-9-3-4-13(20-2)11(15)6-9/h3-7H,1-2H3,(H2,16,17)(H,18,19). The number of nitrogens with zero attached hydrogens (tertiary/aromatic N) is 1. The van der Waals surface area contributed by atoms with Gasteiger partial charge in [-0.25, -0.2) is 0 Å². The highest BCUT2D eigenvalue weighted by atomic mass is 79.9.